The van der Waals surface area contributed by atoms with E-state index in [1.165, 1.54) is 4.90 Å². The van der Waals surface area contributed by atoms with Crippen molar-refractivity contribution in [1.29, 1.82) is 0 Å². The van der Waals surface area contributed by atoms with Crippen molar-refractivity contribution in [3.05, 3.63) is 42.7 Å². The first kappa shape index (κ1) is 13.0. The van der Waals surface area contributed by atoms with Gasteiger partial charge in [-0.15, -0.1) is 11.8 Å². The Labute approximate surface area is 121 Å². The van der Waals surface area contributed by atoms with Gasteiger partial charge in [0.2, 0.25) is 0 Å². The number of rotatable bonds is 4. The first-order valence-electron chi connectivity index (χ1n) is 6.43. The van der Waals surface area contributed by atoms with E-state index in [-0.39, 0.29) is 0 Å². The molecule has 2 aromatic heterocycles. The summed E-state index contributed by atoms with van der Waals surface area (Å²) in [7, 11) is 0. The highest BCUT2D eigenvalue weighted by atomic mass is 32.2. The number of thioether (sulfide) groups is 1. The van der Waals surface area contributed by atoms with Crippen molar-refractivity contribution < 1.29 is 4.84 Å². The minimum Gasteiger partial charge on any atom is -0.412 e. The van der Waals surface area contributed by atoms with Crippen molar-refractivity contribution in [2.24, 2.45) is 0 Å². The lowest BCUT2D eigenvalue weighted by molar-refractivity contribution is 0.135. The Morgan fingerprint density at radius 3 is 2.90 bits per heavy atom. The average Bonchev–Trinajstić information content (AvgIpc) is 2.86. The van der Waals surface area contributed by atoms with Crippen LogP contribution in [0.3, 0.4) is 0 Å². The van der Waals surface area contributed by atoms with E-state index in [0.29, 0.717) is 6.61 Å². The van der Waals surface area contributed by atoms with E-state index >= 15 is 0 Å². The van der Waals surface area contributed by atoms with Gasteiger partial charge >= 0.3 is 0 Å². The molecule has 2 heterocycles. The summed E-state index contributed by atoms with van der Waals surface area (Å²) in [4.78, 5) is 15.8. The Morgan fingerprint density at radius 2 is 2.20 bits per heavy atom. The SMILES string of the molecule is CCOn1c(-c2cccnc2)nc2cc(SC)ccc21. The highest BCUT2D eigenvalue weighted by Gasteiger charge is 2.14. The van der Waals surface area contributed by atoms with E-state index in [1.807, 2.05) is 25.1 Å². The molecule has 0 fully saturated rings. The van der Waals surface area contributed by atoms with Crippen molar-refractivity contribution in [3.63, 3.8) is 0 Å². The van der Waals surface area contributed by atoms with Crippen LogP contribution in [-0.4, -0.2) is 27.6 Å². The molecule has 0 amide bonds. The second-order valence-electron chi connectivity index (χ2n) is 4.24. The largest absolute Gasteiger partial charge is 0.412 e. The van der Waals surface area contributed by atoms with Crippen molar-refractivity contribution >= 4 is 22.8 Å². The van der Waals surface area contributed by atoms with Crippen LogP contribution in [0.2, 0.25) is 0 Å². The van der Waals surface area contributed by atoms with Gasteiger partial charge in [-0.3, -0.25) is 4.98 Å². The predicted octanol–water partition coefficient (Wildman–Crippen LogP) is 3.27. The molecular formula is C15H15N3OS. The van der Waals surface area contributed by atoms with Gasteiger partial charge in [0, 0.05) is 22.9 Å². The third-order valence-electron chi connectivity index (χ3n) is 3.00. The highest BCUT2D eigenvalue weighted by Crippen LogP contribution is 2.26. The van der Waals surface area contributed by atoms with E-state index in [2.05, 4.69) is 23.4 Å². The topological polar surface area (TPSA) is 39.9 Å². The van der Waals surface area contributed by atoms with Crippen molar-refractivity contribution in [2.75, 3.05) is 12.9 Å². The van der Waals surface area contributed by atoms with Crippen LogP contribution in [0.25, 0.3) is 22.4 Å². The van der Waals surface area contributed by atoms with E-state index in [4.69, 9.17) is 9.82 Å². The molecule has 0 atom stereocenters. The van der Waals surface area contributed by atoms with Crippen LogP contribution in [0, 0.1) is 0 Å². The first-order chi connectivity index (χ1) is 9.83. The van der Waals surface area contributed by atoms with Gasteiger partial charge in [0.05, 0.1) is 5.52 Å². The molecule has 20 heavy (non-hydrogen) atoms. The molecule has 102 valence electrons. The van der Waals surface area contributed by atoms with E-state index in [9.17, 15) is 0 Å². The zero-order valence-electron chi connectivity index (χ0n) is 11.4. The van der Waals surface area contributed by atoms with E-state index in [0.717, 1.165) is 22.4 Å². The first-order valence-corrected chi connectivity index (χ1v) is 7.66. The molecule has 0 unspecified atom stereocenters. The Morgan fingerprint density at radius 1 is 1.30 bits per heavy atom. The number of nitrogens with zero attached hydrogens (tertiary/aromatic N) is 3. The molecule has 0 saturated heterocycles. The quantitative estimate of drug-likeness (QED) is 0.690. The number of pyridine rings is 1. The fraction of sp³-hybridized carbons (Fsp3) is 0.200. The van der Waals surface area contributed by atoms with E-state index in [1.54, 1.807) is 28.9 Å². The predicted molar refractivity (Wildman–Crippen MR) is 81.9 cm³/mol. The monoisotopic (exact) mass is 285 g/mol. The van der Waals surface area contributed by atoms with Crippen LogP contribution >= 0.6 is 11.8 Å². The summed E-state index contributed by atoms with van der Waals surface area (Å²) in [5.74, 6) is 0.785. The number of aromatic nitrogens is 3. The van der Waals surface area contributed by atoms with Gasteiger partial charge in [0.25, 0.3) is 0 Å². The molecule has 0 radical (unpaired) electrons. The molecule has 3 rings (SSSR count). The van der Waals surface area contributed by atoms with Crippen LogP contribution in [0.15, 0.2) is 47.6 Å². The Balaban J connectivity index is 2.22. The Hall–Kier alpha value is -2.01. The second-order valence-corrected chi connectivity index (χ2v) is 5.12. The zero-order valence-corrected chi connectivity index (χ0v) is 12.2. The molecule has 1 aromatic carbocycles. The molecule has 0 saturated carbocycles. The molecule has 0 bridgehead atoms. The molecule has 0 aliphatic heterocycles. The summed E-state index contributed by atoms with van der Waals surface area (Å²) in [6, 6.07) is 10.1. The number of fused-ring (bicyclic) bond motifs is 1. The molecule has 5 heteroatoms. The molecule has 3 aromatic rings. The number of hydrogen-bond acceptors (Lipinski definition) is 4. The maximum atomic E-state index is 5.74. The van der Waals surface area contributed by atoms with Crippen molar-refractivity contribution in [3.8, 4) is 11.4 Å². The Kier molecular flexibility index (Phi) is 3.60. The smallest absolute Gasteiger partial charge is 0.178 e. The van der Waals surface area contributed by atoms with Gasteiger partial charge in [-0.25, -0.2) is 4.98 Å². The van der Waals surface area contributed by atoms with E-state index < -0.39 is 0 Å². The second kappa shape index (κ2) is 5.54. The highest BCUT2D eigenvalue weighted by molar-refractivity contribution is 7.98. The summed E-state index contributed by atoms with van der Waals surface area (Å²) in [5, 5.41) is 0. The molecule has 0 aliphatic carbocycles. The summed E-state index contributed by atoms with van der Waals surface area (Å²) in [6.45, 7) is 2.55. The fourth-order valence-corrected chi connectivity index (χ4v) is 2.54. The number of hydrogen-bond donors (Lipinski definition) is 0. The van der Waals surface area contributed by atoms with Gasteiger partial charge in [-0.05, 0) is 43.5 Å². The number of imidazole rings is 1. The van der Waals surface area contributed by atoms with Crippen LogP contribution in [0.5, 0.6) is 0 Å². The zero-order chi connectivity index (χ0) is 13.9. The number of benzene rings is 1. The van der Waals surface area contributed by atoms with Crippen LogP contribution < -0.4 is 4.84 Å². The fourth-order valence-electron chi connectivity index (χ4n) is 2.10. The lowest BCUT2D eigenvalue weighted by atomic mass is 10.3. The molecular weight excluding hydrogens is 270 g/mol. The molecule has 0 spiro atoms. The molecule has 4 nitrogen and oxygen atoms in total. The maximum absolute atomic E-state index is 5.74. The third-order valence-corrected chi connectivity index (χ3v) is 3.72. The van der Waals surface area contributed by atoms with Crippen LogP contribution in [-0.2, 0) is 0 Å². The van der Waals surface area contributed by atoms with Gasteiger partial charge in [0.1, 0.15) is 12.1 Å². The average molecular weight is 285 g/mol. The minimum atomic E-state index is 0.586. The van der Waals surface area contributed by atoms with Crippen LogP contribution in [0.4, 0.5) is 0 Å². The molecule has 0 N–H and O–H groups in total. The van der Waals surface area contributed by atoms with Gasteiger partial charge < -0.3 is 4.84 Å². The minimum absolute atomic E-state index is 0.586. The van der Waals surface area contributed by atoms with Gasteiger partial charge in [0.15, 0.2) is 5.82 Å². The lowest BCUT2D eigenvalue weighted by Gasteiger charge is -2.08. The summed E-state index contributed by atoms with van der Waals surface area (Å²) >= 11 is 1.71. The lowest BCUT2D eigenvalue weighted by Crippen LogP contribution is -2.11. The van der Waals surface area contributed by atoms with Gasteiger partial charge in [-0.1, -0.05) is 0 Å². The standard InChI is InChI=1S/C15H15N3OS/c1-3-19-18-14-7-6-12(20-2)9-13(14)17-15(18)11-5-4-8-16-10-11/h4-10H,3H2,1-2H3. The van der Waals surface area contributed by atoms with Crippen molar-refractivity contribution in [2.45, 2.75) is 11.8 Å². The molecule has 0 aliphatic rings. The summed E-state index contributed by atoms with van der Waals surface area (Å²) in [5.41, 5.74) is 2.86. The summed E-state index contributed by atoms with van der Waals surface area (Å²) in [6.07, 6.45) is 5.61. The normalized spacial score (nSPS) is 10.9. The van der Waals surface area contributed by atoms with Crippen molar-refractivity contribution in [1.82, 2.24) is 14.7 Å². The Bertz CT molecular complexity index is 725. The summed E-state index contributed by atoms with van der Waals surface area (Å²) < 4.78 is 1.79. The van der Waals surface area contributed by atoms with Crippen LogP contribution in [0.1, 0.15) is 6.92 Å². The maximum Gasteiger partial charge on any atom is 0.178 e. The third kappa shape index (κ3) is 2.25. The van der Waals surface area contributed by atoms with Gasteiger partial charge in [-0.2, -0.15) is 4.73 Å².